The number of carboxylic acids is 1. The Morgan fingerprint density at radius 1 is 1.47 bits per heavy atom. The van der Waals surface area contributed by atoms with E-state index in [9.17, 15) is 14.2 Å². The van der Waals surface area contributed by atoms with E-state index in [1.54, 1.807) is 23.3 Å². The fraction of sp³-hybridized carbons (Fsp3) is 0.375. The number of alkyl halides is 2. The summed E-state index contributed by atoms with van der Waals surface area (Å²) in [6.07, 6.45) is 4.91. The standard InChI is InChI=1S/C6H7BrN2O2.C2H4ClO4P/c7-5(6(10)11)3-9-2-1-8-4-9;3-1-2(4)8(5,6)7/h1-2,4-5H,3H2,(H,10,11);1H2,(H2,5,6,7). The van der Waals surface area contributed by atoms with E-state index in [1.165, 1.54) is 0 Å². The number of halogens is 2. The van der Waals surface area contributed by atoms with E-state index in [-0.39, 0.29) is 0 Å². The van der Waals surface area contributed by atoms with Gasteiger partial charge in [-0.1, -0.05) is 15.9 Å². The van der Waals surface area contributed by atoms with E-state index in [0.717, 1.165) is 0 Å². The molecule has 1 heterocycles. The Labute approximate surface area is 121 Å². The summed E-state index contributed by atoms with van der Waals surface area (Å²) in [5, 5.41) is 8.50. The van der Waals surface area contributed by atoms with Gasteiger partial charge < -0.3 is 19.5 Å². The molecule has 1 unspecified atom stereocenters. The lowest BCUT2D eigenvalue weighted by Gasteiger charge is -2.03. The van der Waals surface area contributed by atoms with Crippen molar-refractivity contribution < 1.29 is 29.0 Å². The van der Waals surface area contributed by atoms with E-state index >= 15 is 0 Å². The van der Waals surface area contributed by atoms with Crippen LogP contribution in [0.1, 0.15) is 0 Å². The highest BCUT2D eigenvalue weighted by molar-refractivity contribution is 9.10. The molecule has 108 valence electrons. The zero-order valence-corrected chi connectivity index (χ0v) is 12.6. The summed E-state index contributed by atoms with van der Waals surface area (Å²) in [5.74, 6) is -1.50. The van der Waals surface area contributed by atoms with Crippen molar-refractivity contribution in [2.24, 2.45) is 0 Å². The smallest absolute Gasteiger partial charge is 0.392 e. The summed E-state index contributed by atoms with van der Waals surface area (Å²) >= 11 is 7.81. The number of hydrogen-bond acceptors (Lipinski definition) is 4. The topological polar surface area (TPSA) is 130 Å². The van der Waals surface area contributed by atoms with Crippen molar-refractivity contribution in [1.82, 2.24) is 9.55 Å². The summed E-state index contributed by atoms with van der Waals surface area (Å²) < 4.78 is 11.5. The lowest BCUT2D eigenvalue weighted by atomic mass is 10.4. The first kappa shape index (κ1) is 18.3. The predicted molar refractivity (Wildman–Crippen MR) is 70.3 cm³/mol. The molecule has 0 amide bonds. The van der Waals surface area contributed by atoms with Crippen LogP contribution in [0.4, 0.5) is 0 Å². The lowest BCUT2D eigenvalue weighted by Crippen LogP contribution is -2.18. The van der Waals surface area contributed by atoms with Crippen molar-refractivity contribution in [2.75, 3.05) is 5.88 Å². The Morgan fingerprint density at radius 2 is 2.05 bits per heavy atom. The molecule has 1 atom stereocenters. The third-order valence-corrected chi connectivity index (χ3v) is 3.56. The number of hydrogen-bond donors (Lipinski definition) is 3. The molecule has 0 aromatic carbocycles. The molecule has 3 N–H and O–H groups in total. The van der Waals surface area contributed by atoms with Gasteiger partial charge in [-0.2, -0.15) is 0 Å². The Morgan fingerprint density at radius 3 is 2.32 bits per heavy atom. The van der Waals surface area contributed by atoms with Gasteiger partial charge in [0.2, 0.25) is 0 Å². The molecule has 1 aromatic rings. The molecule has 0 aliphatic heterocycles. The Bertz CT molecular complexity index is 462. The third kappa shape index (κ3) is 8.12. The van der Waals surface area contributed by atoms with Crippen LogP contribution in [-0.2, 0) is 20.7 Å². The highest BCUT2D eigenvalue weighted by atomic mass is 79.9. The van der Waals surface area contributed by atoms with E-state index in [4.69, 9.17) is 26.5 Å². The highest BCUT2D eigenvalue weighted by Crippen LogP contribution is 2.35. The minimum absolute atomic E-state index is 0.398. The molecular weight excluding hydrogens is 366 g/mol. The van der Waals surface area contributed by atoms with Gasteiger partial charge in [-0.05, 0) is 0 Å². The molecule has 1 rings (SSSR count). The number of imidazole rings is 1. The first-order valence-corrected chi connectivity index (χ1v) is 7.72. The van der Waals surface area contributed by atoms with Crippen LogP contribution < -0.4 is 0 Å². The van der Waals surface area contributed by atoms with E-state index in [0.29, 0.717) is 6.54 Å². The Hall–Kier alpha value is -0.730. The summed E-state index contributed by atoms with van der Waals surface area (Å²) in [6, 6.07) is 0. The third-order valence-electron chi connectivity index (χ3n) is 1.64. The van der Waals surface area contributed by atoms with Gasteiger partial charge in [0, 0.05) is 18.9 Å². The van der Waals surface area contributed by atoms with Gasteiger partial charge >= 0.3 is 13.6 Å². The van der Waals surface area contributed by atoms with Crippen LogP contribution in [0.5, 0.6) is 0 Å². The summed E-state index contributed by atoms with van der Waals surface area (Å²) in [6.45, 7) is 0.398. The molecule has 0 saturated carbocycles. The molecule has 0 spiro atoms. The van der Waals surface area contributed by atoms with Gasteiger partial charge in [0.1, 0.15) is 4.83 Å². The van der Waals surface area contributed by atoms with Crippen molar-refractivity contribution in [2.45, 2.75) is 11.4 Å². The van der Waals surface area contributed by atoms with Crippen LogP contribution in [0.2, 0.25) is 0 Å². The molecule has 1 aromatic heterocycles. The molecule has 0 fully saturated rings. The Balaban J connectivity index is 0.000000362. The molecule has 0 saturated heterocycles. The summed E-state index contributed by atoms with van der Waals surface area (Å²) in [4.78, 5) is 39.4. The number of aromatic nitrogens is 2. The van der Waals surface area contributed by atoms with Gasteiger partial charge in [0.25, 0.3) is 5.52 Å². The van der Waals surface area contributed by atoms with Crippen molar-refractivity contribution in [1.29, 1.82) is 0 Å². The van der Waals surface area contributed by atoms with Gasteiger partial charge in [-0.25, -0.2) is 4.98 Å². The maximum Gasteiger partial charge on any atom is 0.392 e. The van der Waals surface area contributed by atoms with E-state index in [2.05, 4.69) is 20.9 Å². The minimum Gasteiger partial charge on any atom is -0.480 e. The second-order valence-electron chi connectivity index (χ2n) is 3.14. The second-order valence-corrected chi connectivity index (χ2v) is 6.10. The zero-order valence-electron chi connectivity index (χ0n) is 9.39. The summed E-state index contributed by atoms with van der Waals surface area (Å²) in [5.41, 5.74) is -1.24. The number of aliphatic carboxylic acids is 1. The number of nitrogens with zero attached hydrogens (tertiary/aromatic N) is 2. The molecule has 0 bridgehead atoms. The van der Waals surface area contributed by atoms with Crippen LogP contribution in [0.25, 0.3) is 0 Å². The largest absolute Gasteiger partial charge is 0.480 e. The fourth-order valence-electron chi connectivity index (χ4n) is 0.736. The quantitative estimate of drug-likeness (QED) is 0.507. The normalized spacial score (nSPS) is 12.2. The van der Waals surface area contributed by atoms with Crippen LogP contribution in [0.3, 0.4) is 0 Å². The molecule has 8 nitrogen and oxygen atoms in total. The molecule has 0 radical (unpaired) electrons. The Kier molecular flexibility index (Phi) is 8.12. The van der Waals surface area contributed by atoms with Gasteiger partial charge in [0.15, 0.2) is 0 Å². The number of rotatable bonds is 5. The first-order valence-electron chi connectivity index (χ1n) is 4.66. The fourth-order valence-corrected chi connectivity index (χ4v) is 1.69. The second kappa shape index (κ2) is 8.44. The molecule has 19 heavy (non-hydrogen) atoms. The van der Waals surface area contributed by atoms with Gasteiger partial charge in [0.05, 0.1) is 12.2 Å². The maximum absolute atomic E-state index is 10.3. The van der Waals surface area contributed by atoms with Crippen molar-refractivity contribution in [3.05, 3.63) is 18.7 Å². The van der Waals surface area contributed by atoms with Gasteiger partial charge in [-0.15, -0.1) is 11.6 Å². The average Bonchev–Trinajstić information content (AvgIpc) is 2.80. The van der Waals surface area contributed by atoms with Gasteiger partial charge in [-0.3, -0.25) is 14.2 Å². The number of carboxylic acid groups (broad SMARTS) is 1. The minimum atomic E-state index is -4.53. The van der Waals surface area contributed by atoms with Crippen molar-refractivity contribution in [3.63, 3.8) is 0 Å². The highest BCUT2D eigenvalue weighted by Gasteiger charge is 2.23. The monoisotopic (exact) mass is 376 g/mol. The van der Waals surface area contributed by atoms with Crippen molar-refractivity contribution in [3.8, 4) is 0 Å². The zero-order chi connectivity index (χ0) is 15.1. The van der Waals surface area contributed by atoms with Crippen LogP contribution in [0, 0.1) is 0 Å². The summed E-state index contributed by atoms with van der Waals surface area (Å²) in [7, 11) is -4.53. The van der Waals surface area contributed by atoms with Crippen LogP contribution >= 0.6 is 35.1 Å². The molecule has 0 aliphatic carbocycles. The van der Waals surface area contributed by atoms with Crippen LogP contribution in [-0.4, -0.2) is 46.6 Å². The predicted octanol–water partition coefficient (Wildman–Crippen LogP) is 0.661. The van der Waals surface area contributed by atoms with E-state index in [1.807, 2.05) is 0 Å². The number of carbonyl (C=O) groups is 2. The van der Waals surface area contributed by atoms with E-state index < -0.39 is 29.8 Å². The molecule has 0 aliphatic rings. The first-order chi connectivity index (χ1) is 8.68. The van der Waals surface area contributed by atoms with Crippen LogP contribution in [0.15, 0.2) is 18.7 Å². The lowest BCUT2D eigenvalue weighted by molar-refractivity contribution is -0.136. The maximum atomic E-state index is 10.3. The number of carbonyl (C=O) groups excluding carboxylic acids is 1. The SMILES string of the molecule is O=C(CCl)P(=O)(O)O.O=C(O)C(Br)Cn1ccnc1. The molecular formula is C8H11BrClN2O6P. The molecule has 11 heteroatoms. The average molecular weight is 378 g/mol. The van der Waals surface area contributed by atoms with Crippen molar-refractivity contribution >= 4 is 46.6 Å².